The molecule has 1 aromatic carbocycles. The van der Waals surface area contributed by atoms with Crippen LogP contribution in [-0.2, 0) is 6.42 Å². The van der Waals surface area contributed by atoms with Crippen molar-refractivity contribution in [1.82, 2.24) is 0 Å². The third kappa shape index (κ3) is 2.66. The molecule has 0 amide bonds. The lowest BCUT2D eigenvalue weighted by Gasteiger charge is -2.08. The van der Waals surface area contributed by atoms with Crippen molar-refractivity contribution in [2.24, 2.45) is 5.73 Å². The fourth-order valence-electron chi connectivity index (χ4n) is 1.12. The fourth-order valence-corrected chi connectivity index (χ4v) is 1.12. The molecule has 0 saturated heterocycles. The number of rotatable bonds is 3. The molecule has 0 aliphatic heterocycles. The second kappa shape index (κ2) is 4.18. The molecule has 0 fully saturated rings. The van der Waals surface area contributed by atoms with Gasteiger partial charge in [-0.3, -0.25) is 0 Å². The Morgan fingerprint density at radius 1 is 1.54 bits per heavy atom. The van der Waals surface area contributed by atoms with Crippen molar-refractivity contribution in [2.75, 3.05) is 7.11 Å². The molecule has 1 unspecified atom stereocenters. The van der Waals surface area contributed by atoms with Gasteiger partial charge in [-0.2, -0.15) is 0 Å². The standard InChI is InChI=1S/C9H11F2NO/c1-13-8-3-2-7(10)4-6(8)5-9(11)12/h2-4,9H,5,12H2,1H3. The van der Waals surface area contributed by atoms with E-state index in [4.69, 9.17) is 10.5 Å². The number of methoxy groups -OCH3 is 1. The summed E-state index contributed by atoms with van der Waals surface area (Å²) in [6, 6.07) is 3.93. The van der Waals surface area contributed by atoms with Gasteiger partial charge in [-0.1, -0.05) is 0 Å². The van der Waals surface area contributed by atoms with Gasteiger partial charge < -0.3 is 10.5 Å². The molecule has 2 N–H and O–H groups in total. The lowest BCUT2D eigenvalue weighted by atomic mass is 10.1. The van der Waals surface area contributed by atoms with Crippen LogP contribution < -0.4 is 10.5 Å². The maximum atomic E-state index is 12.7. The van der Waals surface area contributed by atoms with Crippen LogP contribution in [0.1, 0.15) is 5.56 Å². The second-order valence-corrected chi connectivity index (χ2v) is 2.68. The molecule has 0 saturated carbocycles. The van der Waals surface area contributed by atoms with E-state index in [-0.39, 0.29) is 6.42 Å². The van der Waals surface area contributed by atoms with Crippen LogP contribution in [0.5, 0.6) is 5.75 Å². The minimum Gasteiger partial charge on any atom is -0.496 e. The van der Waals surface area contributed by atoms with Gasteiger partial charge in [-0.05, 0) is 18.2 Å². The van der Waals surface area contributed by atoms with E-state index < -0.39 is 12.1 Å². The molecule has 0 bridgehead atoms. The number of nitrogens with two attached hydrogens (primary N) is 1. The molecule has 1 aromatic rings. The Morgan fingerprint density at radius 3 is 2.77 bits per heavy atom. The third-order valence-corrected chi connectivity index (χ3v) is 1.66. The SMILES string of the molecule is COc1ccc(F)cc1CC(N)F. The van der Waals surface area contributed by atoms with Gasteiger partial charge in [0.1, 0.15) is 11.6 Å². The Bertz CT molecular complexity index is 289. The van der Waals surface area contributed by atoms with E-state index in [1.165, 1.54) is 25.3 Å². The highest BCUT2D eigenvalue weighted by Gasteiger charge is 2.08. The van der Waals surface area contributed by atoms with Crippen molar-refractivity contribution >= 4 is 0 Å². The summed E-state index contributed by atoms with van der Waals surface area (Å²) in [6.45, 7) is 0. The molecular weight excluding hydrogens is 176 g/mol. The topological polar surface area (TPSA) is 35.2 Å². The van der Waals surface area contributed by atoms with Crippen LogP contribution >= 0.6 is 0 Å². The first-order valence-corrected chi connectivity index (χ1v) is 3.85. The van der Waals surface area contributed by atoms with E-state index in [0.29, 0.717) is 11.3 Å². The van der Waals surface area contributed by atoms with Crippen molar-refractivity contribution in [3.8, 4) is 5.75 Å². The van der Waals surface area contributed by atoms with E-state index in [9.17, 15) is 8.78 Å². The van der Waals surface area contributed by atoms with Crippen molar-refractivity contribution in [2.45, 2.75) is 12.7 Å². The number of alkyl halides is 1. The highest BCUT2D eigenvalue weighted by Crippen LogP contribution is 2.20. The lowest BCUT2D eigenvalue weighted by molar-refractivity contribution is 0.334. The van der Waals surface area contributed by atoms with Crippen LogP contribution in [0.25, 0.3) is 0 Å². The smallest absolute Gasteiger partial charge is 0.152 e. The number of halogens is 2. The molecule has 0 aliphatic carbocycles. The predicted octanol–water partition coefficient (Wildman–Crippen LogP) is 1.63. The Kier molecular flexibility index (Phi) is 3.19. The van der Waals surface area contributed by atoms with Gasteiger partial charge in [0, 0.05) is 12.0 Å². The molecule has 0 spiro atoms. The molecule has 13 heavy (non-hydrogen) atoms. The molecule has 72 valence electrons. The normalized spacial score (nSPS) is 12.6. The quantitative estimate of drug-likeness (QED) is 0.730. The summed E-state index contributed by atoms with van der Waals surface area (Å²) in [4.78, 5) is 0. The van der Waals surface area contributed by atoms with Crippen LogP contribution in [-0.4, -0.2) is 13.4 Å². The maximum Gasteiger partial charge on any atom is 0.152 e. The van der Waals surface area contributed by atoms with E-state index in [0.717, 1.165) is 0 Å². The summed E-state index contributed by atoms with van der Waals surface area (Å²) in [5, 5.41) is 0. The van der Waals surface area contributed by atoms with Crippen LogP contribution in [0, 0.1) is 5.82 Å². The highest BCUT2D eigenvalue weighted by atomic mass is 19.1. The Morgan fingerprint density at radius 2 is 2.23 bits per heavy atom. The highest BCUT2D eigenvalue weighted by molar-refractivity contribution is 5.34. The van der Waals surface area contributed by atoms with E-state index >= 15 is 0 Å². The largest absolute Gasteiger partial charge is 0.496 e. The van der Waals surface area contributed by atoms with Gasteiger partial charge in [0.15, 0.2) is 6.30 Å². The summed E-state index contributed by atoms with van der Waals surface area (Å²) in [5.74, 6) is 0.0333. The van der Waals surface area contributed by atoms with Crippen LogP contribution in [0.2, 0.25) is 0 Å². The summed E-state index contributed by atoms with van der Waals surface area (Å²) >= 11 is 0. The van der Waals surface area contributed by atoms with E-state index in [1.54, 1.807) is 0 Å². The van der Waals surface area contributed by atoms with Crippen molar-refractivity contribution in [3.63, 3.8) is 0 Å². The fraction of sp³-hybridized carbons (Fsp3) is 0.333. The first kappa shape index (κ1) is 9.92. The van der Waals surface area contributed by atoms with Crippen LogP contribution in [0.15, 0.2) is 18.2 Å². The Balaban J connectivity index is 2.94. The monoisotopic (exact) mass is 187 g/mol. The number of hydrogen-bond acceptors (Lipinski definition) is 2. The van der Waals surface area contributed by atoms with E-state index in [1.807, 2.05) is 0 Å². The van der Waals surface area contributed by atoms with Gasteiger partial charge in [0.25, 0.3) is 0 Å². The first-order valence-electron chi connectivity index (χ1n) is 3.85. The lowest BCUT2D eigenvalue weighted by Crippen LogP contribution is -2.16. The maximum absolute atomic E-state index is 12.7. The molecule has 0 aliphatic rings. The van der Waals surface area contributed by atoms with Crippen LogP contribution in [0.3, 0.4) is 0 Å². The third-order valence-electron chi connectivity index (χ3n) is 1.66. The molecule has 0 aromatic heterocycles. The average molecular weight is 187 g/mol. The molecule has 1 atom stereocenters. The Labute approximate surface area is 75.3 Å². The number of benzene rings is 1. The average Bonchev–Trinajstić information content (AvgIpc) is 2.03. The van der Waals surface area contributed by atoms with E-state index in [2.05, 4.69) is 0 Å². The summed E-state index contributed by atoms with van der Waals surface area (Å²) in [5.41, 5.74) is 5.40. The summed E-state index contributed by atoms with van der Waals surface area (Å²) in [6.07, 6.45) is -1.53. The zero-order valence-corrected chi connectivity index (χ0v) is 7.26. The van der Waals surface area contributed by atoms with Gasteiger partial charge in [-0.25, -0.2) is 8.78 Å². The van der Waals surface area contributed by atoms with Crippen LogP contribution in [0.4, 0.5) is 8.78 Å². The summed E-state index contributed by atoms with van der Waals surface area (Å²) < 4.78 is 30.1. The zero-order valence-electron chi connectivity index (χ0n) is 7.26. The predicted molar refractivity (Wildman–Crippen MR) is 45.7 cm³/mol. The number of hydrogen-bond donors (Lipinski definition) is 1. The number of ether oxygens (including phenoxy) is 1. The molecule has 2 nitrogen and oxygen atoms in total. The molecule has 4 heteroatoms. The van der Waals surface area contributed by atoms with Crippen molar-refractivity contribution < 1.29 is 13.5 Å². The molecule has 0 heterocycles. The minimum absolute atomic E-state index is 0.0407. The van der Waals surface area contributed by atoms with Crippen molar-refractivity contribution in [1.29, 1.82) is 0 Å². The van der Waals surface area contributed by atoms with Crippen molar-refractivity contribution in [3.05, 3.63) is 29.6 Å². The second-order valence-electron chi connectivity index (χ2n) is 2.68. The first-order chi connectivity index (χ1) is 6.13. The minimum atomic E-state index is -1.49. The van der Waals surface area contributed by atoms with Gasteiger partial charge in [-0.15, -0.1) is 0 Å². The summed E-state index contributed by atoms with van der Waals surface area (Å²) in [7, 11) is 1.44. The molecular formula is C9H11F2NO. The van der Waals surface area contributed by atoms with Gasteiger partial charge in [0.2, 0.25) is 0 Å². The zero-order chi connectivity index (χ0) is 9.84. The molecule has 0 radical (unpaired) electrons. The van der Waals surface area contributed by atoms with Gasteiger partial charge in [0.05, 0.1) is 7.11 Å². The van der Waals surface area contributed by atoms with Gasteiger partial charge >= 0.3 is 0 Å². The molecule has 1 rings (SSSR count). The Hall–Kier alpha value is -1.16.